The fourth-order valence-corrected chi connectivity index (χ4v) is 0.418. The Bertz CT molecular complexity index is 209. The molecule has 6 heteroatoms. The van der Waals surface area contributed by atoms with Gasteiger partial charge in [-0.1, -0.05) is 0 Å². The van der Waals surface area contributed by atoms with Gasteiger partial charge in [0.25, 0.3) is 0 Å². The van der Waals surface area contributed by atoms with Crippen molar-refractivity contribution >= 4 is 11.9 Å². The minimum absolute atomic E-state index is 0.362. The minimum atomic E-state index is -1.26. The summed E-state index contributed by atoms with van der Waals surface area (Å²) in [7, 11) is 0. The van der Waals surface area contributed by atoms with E-state index in [9.17, 15) is 9.59 Å². The zero-order valence-corrected chi connectivity index (χ0v) is 6.71. The minimum Gasteiger partial charge on any atom is -0.478 e. The number of ether oxygens (including phenoxy) is 1. The van der Waals surface area contributed by atoms with E-state index < -0.39 is 24.6 Å². The summed E-state index contributed by atoms with van der Waals surface area (Å²) < 4.78 is 4.35. The molecule has 0 fully saturated rings. The van der Waals surface area contributed by atoms with E-state index in [1.807, 2.05) is 0 Å². The maximum Gasteiger partial charge on any atom is 0.331 e. The van der Waals surface area contributed by atoms with E-state index in [1.165, 1.54) is 0 Å². The molecule has 0 aliphatic rings. The van der Waals surface area contributed by atoms with E-state index in [0.29, 0.717) is 12.2 Å². The first-order valence-corrected chi connectivity index (χ1v) is 3.43. The van der Waals surface area contributed by atoms with Crippen LogP contribution in [0.15, 0.2) is 12.2 Å². The molecule has 3 N–H and O–H groups in total. The molecule has 0 bridgehead atoms. The Morgan fingerprint density at radius 3 is 2.46 bits per heavy atom. The van der Waals surface area contributed by atoms with Crippen molar-refractivity contribution in [1.82, 2.24) is 0 Å². The second-order valence-electron chi connectivity index (χ2n) is 2.14. The number of carbonyl (C=O) groups excluding carboxylic acids is 1. The van der Waals surface area contributed by atoms with Crippen molar-refractivity contribution in [3.05, 3.63) is 12.2 Å². The summed E-state index contributed by atoms with van der Waals surface area (Å²) in [6, 6.07) is 0. The van der Waals surface area contributed by atoms with Gasteiger partial charge in [-0.05, 0) is 0 Å². The number of aliphatic hydroxyl groups excluding tert-OH is 2. The first-order chi connectivity index (χ1) is 6.06. The third kappa shape index (κ3) is 6.98. The van der Waals surface area contributed by atoms with Crippen molar-refractivity contribution in [2.75, 3.05) is 13.2 Å². The monoisotopic (exact) mass is 190 g/mol. The van der Waals surface area contributed by atoms with Crippen LogP contribution in [0.4, 0.5) is 0 Å². The quantitative estimate of drug-likeness (QED) is 0.361. The number of rotatable bonds is 5. The molecular formula is C7H10O6. The Morgan fingerprint density at radius 1 is 1.38 bits per heavy atom. The highest BCUT2D eigenvalue weighted by atomic mass is 16.5. The summed E-state index contributed by atoms with van der Waals surface area (Å²) in [5.74, 6) is -2.14. The molecule has 13 heavy (non-hydrogen) atoms. The summed E-state index contributed by atoms with van der Waals surface area (Å²) in [6.45, 7) is -0.880. The molecule has 0 aliphatic heterocycles. The number of aliphatic hydroxyl groups is 2. The molecule has 0 radical (unpaired) electrons. The average molecular weight is 190 g/mol. The van der Waals surface area contributed by atoms with E-state index in [4.69, 9.17) is 15.3 Å². The van der Waals surface area contributed by atoms with Gasteiger partial charge in [0.1, 0.15) is 12.7 Å². The largest absolute Gasteiger partial charge is 0.478 e. The lowest BCUT2D eigenvalue weighted by atomic mass is 10.4. The summed E-state index contributed by atoms with van der Waals surface area (Å²) in [5.41, 5.74) is 0. The van der Waals surface area contributed by atoms with Crippen molar-refractivity contribution in [2.24, 2.45) is 0 Å². The highest BCUT2D eigenvalue weighted by Crippen LogP contribution is 1.86. The van der Waals surface area contributed by atoms with Gasteiger partial charge in [0, 0.05) is 12.2 Å². The van der Waals surface area contributed by atoms with Gasteiger partial charge in [-0.2, -0.15) is 0 Å². The van der Waals surface area contributed by atoms with E-state index in [2.05, 4.69) is 4.74 Å². The molecule has 74 valence electrons. The second kappa shape index (κ2) is 6.15. The first-order valence-electron chi connectivity index (χ1n) is 3.43. The number of hydrogen-bond donors (Lipinski definition) is 3. The van der Waals surface area contributed by atoms with Crippen LogP contribution in [0.2, 0.25) is 0 Å². The van der Waals surface area contributed by atoms with Crippen molar-refractivity contribution in [1.29, 1.82) is 0 Å². The molecule has 0 spiro atoms. The summed E-state index contributed by atoms with van der Waals surface area (Å²) in [6.07, 6.45) is 0.197. The molecule has 1 atom stereocenters. The lowest BCUT2D eigenvalue weighted by Gasteiger charge is -2.05. The van der Waals surface area contributed by atoms with E-state index in [-0.39, 0.29) is 6.61 Å². The number of hydrogen-bond acceptors (Lipinski definition) is 5. The molecule has 0 saturated carbocycles. The molecule has 0 rings (SSSR count). The summed E-state index contributed by atoms with van der Waals surface area (Å²) in [5, 5.41) is 25.1. The van der Waals surface area contributed by atoms with Gasteiger partial charge in [0.05, 0.1) is 6.61 Å². The third-order valence-corrected chi connectivity index (χ3v) is 0.991. The highest BCUT2D eigenvalue weighted by Gasteiger charge is 2.04. The number of carboxylic acid groups (broad SMARTS) is 1. The normalized spacial score (nSPS) is 12.8. The standard InChI is InChI=1S/C7H10O6/c8-3-5(9)4-13-7(12)2-1-6(10)11/h1-2,5,8-9H,3-4H2,(H,10,11). The van der Waals surface area contributed by atoms with Gasteiger partial charge >= 0.3 is 11.9 Å². The number of aliphatic carboxylic acids is 1. The smallest absolute Gasteiger partial charge is 0.331 e. The van der Waals surface area contributed by atoms with Crippen LogP contribution < -0.4 is 0 Å². The van der Waals surface area contributed by atoms with Crippen LogP contribution in [0.3, 0.4) is 0 Å². The van der Waals surface area contributed by atoms with Gasteiger partial charge < -0.3 is 20.1 Å². The third-order valence-electron chi connectivity index (χ3n) is 0.991. The van der Waals surface area contributed by atoms with Crippen molar-refractivity contribution in [3.63, 3.8) is 0 Å². The predicted molar refractivity (Wildman–Crippen MR) is 40.8 cm³/mol. The lowest BCUT2D eigenvalue weighted by Crippen LogP contribution is -2.21. The molecule has 0 saturated heterocycles. The zero-order valence-electron chi connectivity index (χ0n) is 6.71. The Kier molecular flexibility index (Phi) is 5.49. The fourth-order valence-electron chi connectivity index (χ4n) is 0.418. The molecule has 1 unspecified atom stereocenters. The Hall–Kier alpha value is -1.40. The van der Waals surface area contributed by atoms with E-state index >= 15 is 0 Å². The Labute approximate surface area is 74.1 Å². The molecular weight excluding hydrogens is 180 g/mol. The summed E-state index contributed by atoms with van der Waals surface area (Å²) in [4.78, 5) is 20.5. The first kappa shape index (κ1) is 11.6. The topological polar surface area (TPSA) is 104 Å². The maximum atomic E-state index is 10.6. The molecule has 0 aliphatic carbocycles. The van der Waals surface area contributed by atoms with E-state index in [1.54, 1.807) is 0 Å². The van der Waals surface area contributed by atoms with Gasteiger partial charge in [-0.3, -0.25) is 0 Å². The molecule has 0 aromatic carbocycles. The fraction of sp³-hybridized carbons (Fsp3) is 0.429. The second-order valence-corrected chi connectivity index (χ2v) is 2.14. The molecule has 0 aromatic heterocycles. The van der Waals surface area contributed by atoms with Crippen molar-refractivity contribution in [3.8, 4) is 0 Å². The average Bonchev–Trinajstić information content (AvgIpc) is 2.10. The van der Waals surface area contributed by atoms with Crippen LogP contribution in [-0.2, 0) is 14.3 Å². The van der Waals surface area contributed by atoms with Crippen molar-refractivity contribution in [2.45, 2.75) is 6.10 Å². The van der Waals surface area contributed by atoms with Crippen LogP contribution in [-0.4, -0.2) is 46.6 Å². The number of carbonyl (C=O) groups is 2. The highest BCUT2D eigenvalue weighted by molar-refractivity contribution is 5.90. The number of carboxylic acids is 1. The lowest BCUT2D eigenvalue weighted by molar-refractivity contribution is -0.142. The Balaban J connectivity index is 3.69. The van der Waals surface area contributed by atoms with Gasteiger partial charge in [0.2, 0.25) is 0 Å². The van der Waals surface area contributed by atoms with Crippen LogP contribution in [0.25, 0.3) is 0 Å². The summed E-state index contributed by atoms with van der Waals surface area (Å²) >= 11 is 0. The molecule has 0 amide bonds. The maximum absolute atomic E-state index is 10.6. The number of esters is 1. The van der Waals surface area contributed by atoms with Crippen LogP contribution in [0, 0.1) is 0 Å². The SMILES string of the molecule is O=C(O)C=CC(=O)OCC(O)CO. The van der Waals surface area contributed by atoms with Crippen molar-refractivity contribution < 1.29 is 29.6 Å². The van der Waals surface area contributed by atoms with Gasteiger partial charge in [-0.15, -0.1) is 0 Å². The van der Waals surface area contributed by atoms with E-state index in [0.717, 1.165) is 0 Å². The van der Waals surface area contributed by atoms with Gasteiger partial charge in [-0.25, -0.2) is 9.59 Å². The van der Waals surface area contributed by atoms with Gasteiger partial charge in [0.15, 0.2) is 0 Å². The van der Waals surface area contributed by atoms with Crippen LogP contribution in [0.1, 0.15) is 0 Å². The van der Waals surface area contributed by atoms with Crippen LogP contribution in [0.5, 0.6) is 0 Å². The molecule has 0 aromatic rings. The predicted octanol–water partition coefficient (Wildman–Crippen LogP) is -1.48. The zero-order chi connectivity index (χ0) is 10.3. The van der Waals surface area contributed by atoms with Crippen LogP contribution >= 0.6 is 0 Å². The molecule has 0 heterocycles. The Morgan fingerprint density at radius 2 is 2.00 bits per heavy atom. The molecule has 6 nitrogen and oxygen atoms in total.